The number of aromatic nitrogens is 3. The lowest BCUT2D eigenvalue weighted by atomic mass is 10.0. The van der Waals surface area contributed by atoms with E-state index in [-0.39, 0.29) is 12.1 Å². The Kier molecular flexibility index (Phi) is 7.19. The molecule has 1 aromatic heterocycles. The van der Waals surface area contributed by atoms with Gasteiger partial charge in [0.25, 0.3) is 0 Å². The molecule has 158 valence electrons. The molecule has 7 nitrogen and oxygen atoms in total. The molecule has 1 heterocycles. The molecule has 0 aliphatic heterocycles. The van der Waals surface area contributed by atoms with Crippen LogP contribution in [0.3, 0.4) is 0 Å². The number of amides is 2. The number of urea groups is 1. The fourth-order valence-corrected chi connectivity index (χ4v) is 3.38. The summed E-state index contributed by atoms with van der Waals surface area (Å²) in [5.74, 6) is 1.24. The van der Waals surface area contributed by atoms with Gasteiger partial charge in [-0.05, 0) is 44.1 Å². The standard InChI is InChI=1S/C23H30N6O/c1-5-17-11-13-18(14-12-17)20(29(3)4)15-24-23(30)26-21(19-9-7-6-8-10-19)22-25-16(2)27-28-22/h6-14,20-21H,5,15H2,1-4H3,(H2,24,26,30)(H,25,27,28). The first kappa shape index (κ1) is 21.5. The number of hydrogen-bond acceptors (Lipinski definition) is 4. The van der Waals surface area contributed by atoms with Crippen molar-refractivity contribution in [1.82, 2.24) is 30.7 Å². The minimum Gasteiger partial charge on any atom is -0.336 e. The first-order chi connectivity index (χ1) is 14.5. The smallest absolute Gasteiger partial charge is 0.315 e. The molecule has 2 atom stereocenters. The van der Waals surface area contributed by atoms with Crippen molar-refractivity contribution in [2.75, 3.05) is 20.6 Å². The molecule has 0 saturated carbocycles. The van der Waals surface area contributed by atoms with Crippen LogP contribution >= 0.6 is 0 Å². The molecule has 3 N–H and O–H groups in total. The van der Waals surface area contributed by atoms with Gasteiger partial charge in [0, 0.05) is 6.54 Å². The predicted octanol–water partition coefficient (Wildman–Crippen LogP) is 3.37. The van der Waals surface area contributed by atoms with Crippen molar-refractivity contribution in [3.8, 4) is 0 Å². The second-order valence-electron chi connectivity index (χ2n) is 7.55. The van der Waals surface area contributed by atoms with Gasteiger partial charge in [-0.25, -0.2) is 9.78 Å². The molecular weight excluding hydrogens is 376 g/mol. The highest BCUT2D eigenvalue weighted by molar-refractivity contribution is 5.75. The Morgan fingerprint density at radius 2 is 1.77 bits per heavy atom. The first-order valence-corrected chi connectivity index (χ1v) is 10.2. The van der Waals surface area contributed by atoms with E-state index in [2.05, 4.69) is 61.9 Å². The average Bonchev–Trinajstić information content (AvgIpc) is 3.19. The van der Waals surface area contributed by atoms with Crippen LogP contribution < -0.4 is 10.6 Å². The second-order valence-corrected chi connectivity index (χ2v) is 7.55. The molecule has 2 amide bonds. The van der Waals surface area contributed by atoms with Gasteiger partial charge in [-0.1, -0.05) is 61.5 Å². The molecule has 0 radical (unpaired) electrons. The summed E-state index contributed by atoms with van der Waals surface area (Å²) in [6.07, 6.45) is 1.01. The monoisotopic (exact) mass is 406 g/mol. The van der Waals surface area contributed by atoms with Crippen LogP contribution in [0.15, 0.2) is 54.6 Å². The first-order valence-electron chi connectivity index (χ1n) is 10.2. The number of nitrogens with zero attached hydrogens (tertiary/aromatic N) is 3. The summed E-state index contributed by atoms with van der Waals surface area (Å²) in [5, 5.41) is 13.1. The van der Waals surface area contributed by atoms with Crippen molar-refractivity contribution < 1.29 is 4.79 Å². The quantitative estimate of drug-likeness (QED) is 0.535. The number of carbonyl (C=O) groups is 1. The molecule has 0 saturated heterocycles. The number of likely N-dealkylation sites (N-methyl/N-ethyl adjacent to an activating group) is 1. The van der Waals surface area contributed by atoms with Crippen molar-refractivity contribution in [2.45, 2.75) is 32.4 Å². The van der Waals surface area contributed by atoms with E-state index >= 15 is 0 Å². The molecule has 0 aliphatic rings. The number of rotatable bonds is 8. The third kappa shape index (κ3) is 5.45. The summed E-state index contributed by atoms with van der Waals surface area (Å²) in [7, 11) is 4.03. The van der Waals surface area contributed by atoms with E-state index in [1.165, 1.54) is 11.1 Å². The van der Waals surface area contributed by atoms with E-state index in [9.17, 15) is 4.79 Å². The van der Waals surface area contributed by atoms with Gasteiger partial charge in [-0.2, -0.15) is 5.10 Å². The lowest BCUT2D eigenvalue weighted by Gasteiger charge is -2.26. The van der Waals surface area contributed by atoms with Gasteiger partial charge in [-0.3, -0.25) is 5.10 Å². The van der Waals surface area contributed by atoms with Gasteiger partial charge in [0.1, 0.15) is 11.9 Å². The fourth-order valence-electron chi connectivity index (χ4n) is 3.38. The largest absolute Gasteiger partial charge is 0.336 e. The van der Waals surface area contributed by atoms with E-state index in [0.717, 1.165) is 12.0 Å². The minimum atomic E-state index is -0.433. The Balaban J connectivity index is 1.69. The second kappa shape index (κ2) is 10.0. The summed E-state index contributed by atoms with van der Waals surface area (Å²) in [4.78, 5) is 19.3. The lowest BCUT2D eigenvalue weighted by Crippen LogP contribution is -2.42. The van der Waals surface area contributed by atoms with Crippen LogP contribution in [0.1, 0.15) is 47.3 Å². The Hall–Kier alpha value is -3.19. The zero-order valence-electron chi connectivity index (χ0n) is 18.0. The predicted molar refractivity (Wildman–Crippen MR) is 118 cm³/mol. The number of hydrogen-bond donors (Lipinski definition) is 3. The van der Waals surface area contributed by atoms with Gasteiger partial charge in [0.2, 0.25) is 0 Å². The molecular formula is C23H30N6O. The molecule has 2 unspecified atom stereocenters. The van der Waals surface area contributed by atoms with Gasteiger partial charge in [0.05, 0.1) is 6.04 Å². The van der Waals surface area contributed by atoms with Crippen LogP contribution in [0.4, 0.5) is 4.79 Å². The van der Waals surface area contributed by atoms with Crippen LogP contribution in [0.5, 0.6) is 0 Å². The molecule has 3 aromatic rings. The van der Waals surface area contributed by atoms with Gasteiger partial charge >= 0.3 is 6.03 Å². The zero-order chi connectivity index (χ0) is 21.5. The number of benzene rings is 2. The summed E-state index contributed by atoms with van der Waals surface area (Å²) < 4.78 is 0. The number of aromatic amines is 1. The summed E-state index contributed by atoms with van der Waals surface area (Å²) >= 11 is 0. The molecule has 30 heavy (non-hydrogen) atoms. The van der Waals surface area contributed by atoms with Crippen LogP contribution in [0.2, 0.25) is 0 Å². The molecule has 0 spiro atoms. The highest BCUT2D eigenvalue weighted by atomic mass is 16.2. The van der Waals surface area contributed by atoms with E-state index in [1.54, 1.807) is 0 Å². The van der Waals surface area contributed by atoms with Crippen LogP contribution in [-0.4, -0.2) is 46.8 Å². The van der Waals surface area contributed by atoms with Crippen LogP contribution in [0, 0.1) is 6.92 Å². The van der Waals surface area contributed by atoms with Crippen LogP contribution in [0.25, 0.3) is 0 Å². The van der Waals surface area contributed by atoms with Crippen molar-refractivity contribution >= 4 is 6.03 Å². The SMILES string of the molecule is CCc1ccc(C(CNC(=O)NC(c2ccccc2)c2n[nH]c(C)n2)N(C)C)cc1. The maximum absolute atomic E-state index is 12.8. The Morgan fingerprint density at radius 1 is 1.07 bits per heavy atom. The fraction of sp³-hybridized carbons (Fsp3) is 0.348. The third-order valence-corrected chi connectivity index (χ3v) is 5.13. The molecule has 0 fully saturated rings. The van der Waals surface area contributed by atoms with Crippen molar-refractivity contribution in [3.63, 3.8) is 0 Å². The molecule has 7 heteroatoms. The number of carbonyl (C=O) groups excluding carboxylic acids is 1. The Morgan fingerprint density at radius 3 is 2.33 bits per heavy atom. The molecule has 0 bridgehead atoms. The summed E-state index contributed by atoms with van der Waals surface area (Å²) in [6, 6.07) is 17.6. The van der Waals surface area contributed by atoms with Gasteiger partial charge in [-0.15, -0.1) is 0 Å². The molecule has 2 aromatic carbocycles. The maximum atomic E-state index is 12.8. The maximum Gasteiger partial charge on any atom is 0.315 e. The van der Waals surface area contributed by atoms with Gasteiger partial charge < -0.3 is 15.5 Å². The highest BCUT2D eigenvalue weighted by Gasteiger charge is 2.22. The number of aryl methyl sites for hydroxylation is 2. The van der Waals surface area contributed by atoms with Crippen LogP contribution in [-0.2, 0) is 6.42 Å². The number of nitrogens with one attached hydrogen (secondary N) is 3. The topological polar surface area (TPSA) is 85.9 Å². The van der Waals surface area contributed by atoms with Crippen molar-refractivity contribution in [2.24, 2.45) is 0 Å². The van der Waals surface area contributed by atoms with Crippen molar-refractivity contribution in [3.05, 3.63) is 82.9 Å². The molecule has 3 rings (SSSR count). The normalized spacial score (nSPS) is 13.1. The third-order valence-electron chi connectivity index (χ3n) is 5.13. The highest BCUT2D eigenvalue weighted by Crippen LogP contribution is 2.20. The minimum absolute atomic E-state index is 0.0718. The zero-order valence-corrected chi connectivity index (χ0v) is 18.0. The lowest BCUT2D eigenvalue weighted by molar-refractivity contribution is 0.230. The van der Waals surface area contributed by atoms with E-state index in [1.807, 2.05) is 51.4 Å². The average molecular weight is 407 g/mol. The van der Waals surface area contributed by atoms with E-state index in [4.69, 9.17) is 0 Å². The van der Waals surface area contributed by atoms with Crippen molar-refractivity contribution in [1.29, 1.82) is 0 Å². The number of H-pyrrole nitrogens is 1. The summed E-state index contributed by atoms with van der Waals surface area (Å²) in [6.45, 7) is 4.46. The van der Waals surface area contributed by atoms with E-state index < -0.39 is 6.04 Å². The summed E-state index contributed by atoms with van der Waals surface area (Å²) in [5.41, 5.74) is 3.39. The molecule has 0 aliphatic carbocycles. The van der Waals surface area contributed by atoms with Gasteiger partial charge in [0.15, 0.2) is 5.82 Å². The Bertz CT molecular complexity index is 936. The Labute approximate surface area is 177 Å². The van der Waals surface area contributed by atoms with E-state index in [0.29, 0.717) is 18.2 Å².